The summed E-state index contributed by atoms with van der Waals surface area (Å²) in [4.78, 5) is 23.0. The van der Waals surface area contributed by atoms with Gasteiger partial charge in [-0.2, -0.15) is 0 Å². The van der Waals surface area contributed by atoms with Crippen LogP contribution in [0.3, 0.4) is 0 Å². The molecule has 7 heteroatoms. The number of rotatable bonds is 5. The van der Waals surface area contributed by atoms with Gasteiger partial charge in [0.2, 0.25) is 0 Å². The fourth-order valence-electron chi connectivity index (χ4n) is 2.61. The summed E-state index contributed by atoms with van der Waals surface area (Å²) in [6, 6.07) is 4.95. The van der Waals surface area contributed by atoms with Gasteiger partial charge in [0.1, 0.15) is 11.4 Å². The average molecular weight is 337 g/mol. The van der Waals surface area contributed by atoms with Crippen LogP contribution in [0.25, 0.3) is 0 Å². The highest BCUT2D eigenvalue weighted by atomic mass is 16.6. The molecule has 1 fully saturated rings. The number of carboxylic acids is 1. The lowest BCUT2D eigenvalue weighted by Crippen LogP contribution is -2.33. The Bertz CT molecular complexity index is 645. The number of nitrogens with one attached hydrogen (secondary N) is 1. The predicted molar refractivity (Wildman–Crippen MR) is 87.4 cm³/mol. The van der Waals surface area contributed by atoms with E-state index in [4.69, 9.17) is 14.6 Å². The summed E-state index contributed by atoms with van der Waals surface area (Å²) in [5.41, 5.74) is -0.329. The lowest BCUT2D eigenvalue weighted by molar-refractivity contribution is -0.148. The molecule has 0 saturated heterocycles. The zero-order valence-corrected chi connectivity index (χ0v) is 14.3. The number of aliphatic hydroxyl groups excluding tert-OH is 1. The molecule has 0 heterocycles. The van der Waals surface area contributed by atoms with Gasteiger partial charge >= 0.3 is 12.1 Å². The number of methoxy groups -OCH3 is 1. The number of benzene rings is 1. The maximum atomic E-state index is 11.9. The Morgan fingerprint density at radius 2 is 1.92 bits per heavy atom. The Hall–Kier alpha value is -2.28. The third kappa shape index (κ3) is 3.79. The second-order valence-electron chi connectivity index (χ2n) is 6.94. The Labute approximate surface area is 140 Å². The highest BCUT2D eigenvalue weighted by molar-refractivity contribution is 5.87. The molecule has 1 amide bonds. The summed E-state index contributed by atoms with van der Waals surface area (Å²) < 4.78 is 10.5. The lowest BCUT2D eigenvalue weighted by Gasteiger charge is -2.22. The monoisotopic (exact) mass is 337 g/mol. The van der Waals surface area contributed by atoms with Crippen molar-refractivity contribution in [1.29, 1.82) is 0 Å². The van der Waals surface area contributed by atoms with Crippen molar-refractivity contribution in [2.75, 3.05) is 12.4 Å². The summed E-state index contributed by atoms with van der Waals surface area (Å²) in [7, 11) is 1.45. The number of anilines is 1. The Balaban J connectivity index is 2.23. The number of ether oxygens (including phenoxy) is 2. The highest BCUT2D eigenvalue weighted by Crippen LogP contribution is 2.52. The van der Waals surface area contributed by atoms with Crippen LogP contribution >= 0.6 is 0 Å². The fourth-order valence-corrected chi connectivity index (χ4v) is 2.61. The summed E-state index contributed by atoms with van der Waals surface area (Å²) in [5, 5.41) is 21.6. The van der Waals surface area contributed by atoms with Crippen LogP contribution in [0.5, 0.6) is 5.75 Å². The van der Waals surface area contributed by atoms with Gasteiger partial charge in [-0.25, -0.2) is 9.59 Å². The van der Waals surface area contributed by atoms with E-state index in [1.54, 1.807) is 39.0 Å². The highest BCUT2D eigenvalue weighted by Gasteiger charge is 2.53. The van der Waals surface area contributed by atoms with Crippen molar-refractivity contribution >= 4 is 17.7 Å². The molecule has 1 aromatic carbocycles. The van der Waals surface area contributed by atoms with Crippen LogP contribution in [0.4, 0.5) is 10.5 Å². The van der Waals surface area contributed by atoms with Crippen LogP contribution in [-0.2, 0) is 14.9 Å². The second kappa shape index (κ2) is 6.32. The zero-order valence-electron chi connectivity index (χ0n) is 14.3. The van der Waals surface area contributed by atoms with Crippen LogP contribution < -0.4 is 10.1 Å². The molecule has 0 bridgehead atoms. The second-order valence-corrected chi connectivity index (χ2v) is 6.94. The molecule has 3 N–H and O–H groups in total. The third-order valence-electron chi connectivity index (χ3n) is 3.96. The lowest BCUT2D eigenvalue weighted by atomic mass is 9.89. The number of aliphatic carboxylic acids is 1. The molecule has 132 valence electrons. The third-order valence-corrected chi connectivity index (χ3v) is 3.96. The number of carbonyl (C=O) groups is 2. The van der Waals surface area contributed by atoms with E-state index in [-0.39, 0.29) is 0 Å². The maximum absolute atomic E-state index is 11.9. The smallest absolute Gasteiger partial charge is 0.412 e. The predicted octanol–water partition coefficient (Wildman–Crippen LogP) is 2.52. The molecule has 2 rings (SSSR count). The van der Waals surface area contributed by atoms with Crippen molar-refractivity contribution in [1.82, 2.24) is 0 Å². The number of carboxylic acid groups (broad SMARTS) is 1. The summed E-state index contributed by atoms with van der Waals surface area (Å²) in [5.74, 6) is -0.871. The Morgan fingerprint density at radius 1 is 1.29 bits per heavy atom. The number of aliphatic hydroxyl groups is 1. The first-order chi connectivity index (χ1) is 11.1. The number of carbonyl (C=O) groups excluding carboxylic acids is 1. The molecule has 0 aliphatic heterocycles. The van der Waals surface area contributed by atoms with Crippen LogP contribution in [-0.4, -0.2) is 41.1 Å². The minimum atomic E-state index is -1.47. The largest absolute Gasteiger partial charge is 0.495 e. The average Bonchev–Trinajstić information content (AvgIpc) is 3.26. The quantitative estimate of drug-likeness (QED) is 0.762. The van der Waals surface area contributed by atoms with Gasteiger partial charge in [-0.3, -0.25) is 5.32 Å². The number of amides is 1. The van der Waals surface area contributed by atoms with Gasteiger partial charge in [0, 0.05) is 5.41 Å². The summed E-state index contributed by atoms with van der Waals surface area (Å²) in [6.07, 6.45) is -0.905. The molecule has 0 spiro atoms. The van der Waals surface area contributed by atoms with Crippen molar-refractivity contribution in [2.45, 2.75) is 50.7 Å². The van der Waals surface area contributed by atoms with E-state index in [1.807, 2.05) is 0 Å². The molecule has 1 aromatic rings. The first-order valence-electron chi connectivity index (χ1n) is 7.68. The van der Waals surface area contributed by atoms with Gasteiger partial charge in [-0.1, -0.05) is 6.07 Å². The summed E-state index contributed by atoms with van der Waals surface area (Å²) >= 11 is 0. The van der Waals surface area contributed by atoms with E-state index in [0.717, 1.165) is 0 Å². The van der Waals surface area contributed by atoms with Crippen LogP contribution in [0, 0.1) is 0 Å². The van der Waals surface area contributed by atoms with Crippen molar-refractivity contribution < 1.29 is 29.3 Å². The molecule has 1 unspecified atom stereocenters. The molecular formula is C17H23NO6. The molecular weight excluding hydrogens is 314 g/mol. The first-order valence-corrected chi connectivity index (χ1v) is 7.68. The van der Waals surface area contributed by atoms with Crippen molar-refractivity contribution in [3.05, 3.63) is 23.8 Å². The molecule has 1 aliphatic rings. The standard InChI is InChI=1S/C17H23NO6/c1-16(2,3)24-15(22)18-11-6-5-10(9-12(11)23-4)17(7-8-17)13(19)14(20)21/h5-6,9,13,19H,7-8H2,1-4H3,(H,18,22)(H,20,21). The topological polar surface area (TPSA) is 105 Å². The summed E-state index contributed by atoms with van der Waals surface area (Å²) in [6.45, 7) is 5.28. The van der Waals surface area contributed by atoms with Gasteiger partial charge in [-0.15, -0.1) is 0 Å². The van der Waals surface area contributed by atoms with Crippen molar-refractivity contribution in [3.63, 3.8) is 0 Å². The molecule has 1 atom stereocenters. The molecule has 1 aliphatic carbocycles. The maximum Gasteiger partial charge on any atom is 0.412 e. The van der Waals surface area contributed by atoms with E-state index in [1.165, 1.54) is 7.11 Å². The van der Waals surface area contributed by atoms with E-state index in [9.17, 15) is 14.7 Å². The molecule has 1 saturated carbocycles. The molecule has 0 aromatic heterocycles. The van der Waals surface area contributed by atoms with Gasteiger partial charge in [0.15, 0.2) is 6.10 Å². The van der Waals surface area contributed by atoms with Crippen molar-refractivity contribution in [3.8, 4) is 5.75 Å². The molecule has 7 nitrogen and oxygen atoms in total. The van der Waals surface area contributed by atoms with Crippen LogP contribution in [0.1, 0.15) is 39.2 Å². The minimum absolute atomic E-state index is 0.377. The van der Waals surface area contributed by atoms with Gasteiger partial charge < -0.3 is 19.7 Å². The van der Waals surface area contributed by atoms with Crippen LogP contribution in [0.2, 0.25) is 0 Å². The van der Waals surface area contributed by atoms with Gasteiger partial charge in [-0.05, 0) is 51.3 Å². The molecule has 24 heavy (non-hydrogen) atoms. The Kier molecular flexibility index (Phi) is 4.75. The van der Waals surface area contributed by atoms with Crippen molar-refractivity contribution in [2.24, 2.45) is 0 Å². The first kappa shape index (κ1) is 18.1. The Morgan fingerprint density at radius 3 is 2.38 bits per heavy atom. The van der Waals surface area contributed by atoms with E-state index < -0.39 is 29.2 Å². The molecule has 0 radical (unpaired) electrons. The minimum Gasteiger partial charge on any atom is -0.495 e. The van der Waals surface area contributed by atoms with Gasteiger partial charge in [0.25, 0.3) is 0 Å². The fraction of sp³-hybridized carbons (Fsp3) is 0.529. The number of hydrogen-bond acceptors (Lipinski definition) is 5. The normalized spacial score (nSPS) is 16.9. The van der Waals surface area contributed by atoms with E-state index in [2.05, 4.69) is 5.32 Å². The number of hydrogen-bond donors (Lipinski definition) is 3. The van der Waals surface area contributed by atoms with E-state index in [0.29, 0.717) is 29.8 Å². The zero-order chi connectivity index (χ0) is 18.1. The van der Waals surface area contributed by atoms with Gasteiger partial charge in [0.05, 0.1) is 12.8 Å². The van der Waals surface area contributed by atoms with E-state index >= 15 is 0 Å². The SMILES string of the molecule is COc1cc(C2(C(O)C(=O)O)CC2)ccc1NC(=O)OC(C)(C)C. The van der Waals surface area contributed by atoms with Crippen LogP contribution in [0.15, 0.2) is 18.2 Å².